The van der Waals surface area contributed by atoms with Crippen LogP contribution in [0.4, 0.5) is 10.2 Å². The van der Waals surface area contributed by atoms with Gasteiger partial charge in [-0.1, -0.05) is 0 Å². The third-order valence-electron chi connectivity index (χ3n) is 4.25. The summed E-state index contributed by atoms with van der Waals surface area (Å²) in [6.45, 7) is 4.82. The number of aromatic nitrogens is 1. The molecule has 140 valence electrons. The van der Waals surface area contributed by atoms with Gasteiger partial charge in [0.1, 0.15) is 0 Å². The molecule has 1 unspecified atom stereocenters. The van der Waals surface area contributed by atoms with Crippen molar-refractivity contribution in [2.45, 2.75) is 12.5 Å². The van der Waals surface area contributed by atoms with Gasteiger partial charge in [-0.05, 0) is 25.6 Å². The van der Waals surface area contributed by atoms with Gasteiger partial charge in [0, 0.05) is 59.1 Å². The number of rotatable bonds is 8. The van der Waals surface area contributed by atoms with E-state index in [1.54, 1.807) is 26.4 Å². The predicted molar refractivity (Wildman–Crippen MR) is 98.7 cm³/mol. The molecule has 1 saturated heterocycles. The highest BCUT2D eigenvalue weighted by Gasteiger charge is 2.25. The summed E-state index contributed by atoms with van der Waals surface area (Å²) in [5, 5.41) is 6.72. The molecule has 0 aliphatic carbocycles. The van der Waals surface area contributed by atoms with Gasteiger partial charge in [-0.3, -0.25) is 4.99 Å². The highest BCUT2D eigenvalue weighted by atomic mass is 19.1. The van der Waals surface area contributed by atoms with Gasteiger partial charge in [0.05, 0.1) is 6.61 Å². The second kappa shape index (κ2) is 10.1. The molecule has 2 rings (SSSR count). The first-order chi connectivity index (χ1) is 12.1. The monoisotopic (exact) mass is 352 g/mol. The normalized spacial score (nSPS) is 18.0. The van der Waals surface area contributed by atoms with Crippen LogP contribution in [0, 0.1) is 5.82 Å². The summed E-state index contributed by atoms with van der Waals surface area (Å²) in [4.78, 5) is 12.6. The Bertz CT molecular complexity index is 556. The fraction of sp³-hybridized carbons (Fsp3) is 0.647. The molecule has 1 atom stereocenters. The number of methoxy groups -OCH3 is 1. The lowest BCUT2D eigenvalue weighted by Crippen LogP contribution is -2.46. The number of ether oxygens (including phenoxy) is 1. The van der Waals surface area contributed by atoms with Crippen molar-refractivity contribution in [2.75, 3.05) is 65.4 Å². The maximum absolute atomic E-state index is 13.9. The molecule has 1 aliphatic heterocycles. The molecule has 7 nitrogen and oxygen atoms in total. The number of nitrogens with zero attached hydrogens (tertiary/aromatic N) is 4. The van der Waals surface area contributed by atoms with Crippen molar-refractivity contribution in [3.63, 3.8) is 0 Å². The van der Waals surface area contributed by atoms with Crippen LogP contribution in [0.3, 0.4) is 0 Å². The van der Waals surface area contributed by atoms with Gasteiger partial charge in [-0.25, -0.2) is 9.37 Å². The quantitative estimate of drug-likeness (QED) is 0.526. The summed E-state index contributed by atoms with van der Waals surface area (Å²) in [6, 6.07) is 3.28. The predicted octanol–water partition coefficient (Wildman–Crippen LogP) is 0.543. The van der Waals surface area contributed by atoms with Crippen molar-refractivity contribution in [1.82, 2.24) is 20.5 Å². The minimum absolute atomic E-state index is 0.221. The van der Waals surface area contributed by atoms with Crippen LogP contribution in [0.15, 0.2) is 23.3 Å². The second-order valence-corrected chi connectivity index (χ2v) is 6.18. The van der Waals surface area contributed by atoms with Crippen molar-refractivity contribution < 1.29 is 9.13 Å². The van der Waals surface area contributed by atoms with Gasteiger partial charge in [0.25, 0.3) is 0 Å². The maximum atomic E-state index is 13.9. The summed E-state index contributed by atoms with van der Waals surface area (Å²) in [6.07, 6.45) is 2.55. The summed E-state index contributed by atoms with van der Waals surface area (Å²) < 4.78 is 18.9. The Morgan fingerprint density at radius 3 is 3.08 bits per heavy atom. The molecule has 1 aromatic heterocycles. The first-order valence-corrected chi connectivity index (χ1v) is 8.64. The Hall–Kier alpha value is -1.93. The summed E-state index contributed by atoms with van der Waals surface area (Å²) in [7, 11) is 5.53. The molecule has 2 heterocycles. The zero-order valence-electron chi connectivity index (χ0n) is 15.3. The first kappa shape index (κ1) is 19.4. The number of hydrogen-bond acceptors (Lipinski definition) is 5. The van der Waals surface area contributed by atoms with Crippen molar-refractivity contribution in [3.8, 4) is 0 Å². The topological polar surface area (TPSA) is 65.0 Å². The molecule has 1 fully saturated rings. The van der Waals surface area contributed by atoms with E-state index in [9.17, 15) is 4.39 Å². The van der Waals surface area contributed by atoms with Crippen LogP contribution in [-0.2, 0) is 4.74 Å². The van der Waals surface area contributed by atoms with Crippen LogP contribution < -0.4 is 15.5 Å². The highest BCUT2D eigenvalue weighted by Crippen LogP contribution is 2.20. The van der Waals surface area contributed by atoms with E-state index in [-0.39, 0.29) is 11.9 Å². The molecule has 2 N–H and O–H groups in total. The molecular weight excluding hydrogens is 323 g/mol. The molecule has 0 bridgehead atoms. The first-order valence-electron chi connectivity index (χ1n) is 8.64. The van der Waals surface area contributed by atoms with E-state index in [1.165, 1.54) is 6.07 Å². The van der Waals surface area contributed by atoms with Crippen molar-refractivity contribution in [1.29, 1.82) is 0 Å². The van der Waals surface area contributed by atoms with Gasteiger partial charge < -0.3 is 25.2 Å². The maximum Gasteiger partial charge on any atom is 0.191 e. The number of anilines is 1. The van der Waals surface area contributed by atoms with Crippen LogP contribution in [0.25, 0.3) is 0 Å². The Balaban J connectivity index is 1.74. The number of likely N-dealkylation sites (N-methyl/N-ethyl adjacent to an activating group) is 1. The largest absolute Gasteiger partial charge is 0.383 e. The number of nitrogens with one attached hydrogen (secondary N) is 2. The molecule has 8 heteroatoms. The van der Waals surface area contributed by atoms with Gasteiger partial charge in [-0.2, -0.15) is 0 Å². The number of aliphatic imine (C=N–C) groups is 1. The standard InChI is InChI=1S/C17H29FN6O/c1-19-17(21-8-10-23(2)11-12-25-3)22-14-6-9-24(13-14)16-15(18)5-4-7-20-16/h4-5,7,14H,6,8-13H2,1-3H3,(H2,19,21,22). The average Bonchev–Trinajstić information content (AvgIpc) is 3.07. The lowest BCUT2D eigenvalue weighted by Gasteiger charge is -2.21. The molecule has 0 saturated carbocycles. The van der Waals surface area contributed by atoms with Gasteiger partial charge in [0.2, 0.25) is 0 Å². The SMILES string of the molecule is CN=C(NCCN(C)CCOC)NC1CCN(c2ncccc2F)C1. The molecule has 1 aliphatic rings. The van der Waals surface area contributed by atoms with Gasteiger partial charge >= 0.3 is 0 Å². The lowest BCUT2D eigenvalue weighted by molar-refractivity contribution is 0.162. The van der Waals surface area contributed by atoms with Crippen molar-refractivity contribution in [2.24, 2.45) is 4.99 Å². The van der Waals surface area contributed by atoms with E-state index in [2.05, 4.69) is 32.6 Å². The average molecular weight is 352 g/mol. The second-order valence-electron chi connectivity index (χ2n) is 6.18. The summed E-state index contributed by atoms with van der Waals surface area (Å²) in [5.74, 6) is 0.924. The van der Waals surface area contributed by atoms with Gasteiger partial charge in [0.15, 0.2) is 17.6 Å². The molecule has 0 aromatic carbocycles. The minimum Gasteiger partial charge on any atom is -0.383 e. The fourth-order valence-corrected chi connectivity index (χ4v) is 2.79. The molecule has 0 radical (unpaired) electrons. The minimum atomic E-state index is -0.273. The number of guanidine groups is 1. The molecular formula is C17H29FN6O. The third kappa shape index (κ3) is 6.13. The Morgan fingerprint density at radius 2 is 2.36 bits per heavy atom. The van der Waals surface area contributed by atoms with E-state index in [1.807, 2.05) is 4.90 Å². The number of pyridine rings is 1. The molecule has 1 aromatic rings. The Morgan fingerprint density at radius 1 is 1.52 bits per heavy atom. The van der Waals surface area contributed by atoms with Gasteiger partial charge in [-0.15, -0.1) is 0 Å². The number of halogens is 1. The molecule has 0 spiro atoms. The van der Waals surface area contributed by atoms with E-state index in [0.29, 0.717) is 12.4 Å². The zero-order valence-corrected chi connectivity index (χ0v) is 15.3. The number of hydrogen-bond donors (Lipinski definition) is 2. The van der Waals surface area contributed by atoms with Crippen LogP contribution >= 0.6 is 0 Å². The summed E-state index contributed by atoms with van der Waals surface area (Å²) >= 11 is 0. The van der Waals surface area contributed by atoms with E-state index in [0.717, 1.165) is 45.2 Å². The molecule has 0 amide bonds. The third-order valence-corrected chi connectivity index (χ3v) is 4.25. The Kier molecular flexibility index (Phi) is 7.87. The van der Waals surface area contributed by atoms with Crippen LogP contribution in [0.5, 0.6) is 0 Å². The molecule has 25 heavy (non-hydrogen) atoms. The fourth-order valence-electron chi connectivity index (χ4n) is 2.79. The smallest absolute Gasteiger partial charge is 0.191 e. The van der Waals surface area contributed by atoms with Crippen LogP contribution in [0.1, 0.15) is 6.42 Å². The Labute approximate surface area is 149 Å². The van der Waals surface area contributed by atoms with E-state index >= 15 is 0 Å². The van der Waals surface area contributed by atoms with Crippen LogP contribution in [0.2, 0.25) is 0 Å². The zero-order chi connectivity index (χ0) is 18.1. The van der Waals surface area contributed by atoms with E-state index in [4.69, 9.17) is 4.74 Å². The highest BCUT2D eigenvalue weighted by molar-refractivity contribution is 5.80. The van der Waals surface area contributed by atoms with Crippen molar-refractivity contribution in [3.05, 3.63) is 24.1 Å². The van der Waals surface area contributed by atoms with Crippen molar-refractivity contribution >= 4 is 11.8 Å². The van der Waals surface area contributed by atoms with Crippen LogP contribution in [-0.4, -0.2) is 82.4 Å². The lowest BCUT2D eigenvalue weighted by atomic mass is 10.3. The summed E-state index contributed by atoms with van der Waals surface area (Å²) in [5.41, 5.74) is 0. The van der Waals surface area contributed by atoms with E-state index < -0.39 is 0 Å².